The quantitative estimate of drug-likeness (QED) is 0.180. The number of aromatic nitrogens is 3. The molecule has 3 nitrogen and oxygen atoms in total. The van der Waals surface area contributed by atoms with E-state index in [9.17, 15) is 0 Å². The molecule has 0 bridgehead atoms. The Kier molecular flexibility index (Phi) is 6.90. The van der Waals surface area contributed by atoms with Crippen molar-refractivity contribution in [3.8, 4) is 78.7 Å². The second-order valence-electron chi connectivity index (χ2n) is 16.3. The lowest BCUT2D eigenvalue weighted by molar-refractivity contribution is 0.660. The van der Waals surface area contributed by atoms with E-state index in [-0.39, 0.29) is 5.41 Å². The van der Waals surface area contributed by atoms with Crippen LogP contribution in [0.5, 0.6) is 0 Å². The van der Waals surface area contributed by atoms with Crippen LogP contribution in [0.4, 0.5) is 0 Å². The maximum absolute atomic E-state index is 5.35. The third kappa shape index (κ3) is 4.53. The monoisotopic (exact) mass is 739 g/mol. The lowest BCUT2D eigenvalue weighted by atomic mass is 9.70. The van der Waals surface area contributed by atoms with Crippen LogP contribution in [-0.2, 0) is 10.8 Å². The first-order chi connectivity index (χ1) is 28.5. The summed E-state index contributed by atoms with van der Waals surface area (Å²) in [5, 5.41) is 0. The van der Waals surface area contributed by atoms with Gasteiger partial charge in [-0.1, -0.05) is 184 Å². The molecule has 0 aliphatic heterocycles. The zero-order valence-electron chi connectivity index (χ0n) is 32.2. The van der Waals surface area contributed by atoms with E-state index in [2.05, 4.69) is 202 Å². The number of benzene rings is 8. The third-order valence-electron chi connectivity index (χ3n) is 13.0. The van der Waals surface area contributed by atoms with Crippen LogP contribution in [0.15, 0.2) is 188 Å². The van der Waals surface area contributed by atoms with Crippen molar-refractivity contribution in [2.24, 2.45) is 0 Å². The number of hydrogen-bond acceptors (Lipinski definition) is 3. The summed E-state index contributed by atoms with van der Waals surface area (Å²) in [5.41, 5.74) is 20.1. The molecule has 0 unspecified atom stereocenters. The van der Waals surface area contributed by atoms with Gasteiger partial charge in [0.1, 0.15) is 0 Å². The Labute approximate surface area is 338 Å². The Hall–Kier alpha value is -7.23. The van der Waals surface area contributed by atoms with Gasteiger partial charge in [0.25, 0.3) is 0 Å². The molecule has 0 radical (unpaired) electrons. The molecule has 0 saturated heterocycles. The number of nitrogens with zero attached hydrogens (tertiary/aromatic N) is 3. The molecule has 272 valence electrons. The molecular formula is C55H37N3. The molecule has 58 heavy (non-hydrogen) atoms. The van der Waals surface area contributed by atoms with E-state index in [4.69, 9.17) is 15.0 Å². The van der Waals surface area contributed by atoms with Crippen LogP contribution in [0, 0.1) is 0 Å². The van der Waals surface area contributed by atoms with Gasteiger partial charge >= 0.3 is 0 Å². The van der Waals surface area contributed by atoms with E-state index < -0.39 is 5.41 Å². The fourth-order valence-electron chi connectivity index (χ4n) is 10.3. The van der Waals surface area contributed by atoms with Crippen molar-refractivity contribution in [1.29, 1.82) is 0 Å². The first-order valence-electron chi connectivity index (χ1n) is 20.1. The second kappa shape index (κ2) is 12.1. The molecule has 0 amide bonds. The normalized spacial score (nSPS) is 14.3. The Morgan fingerprint density at radius 3 is 1.29 bits per heavy atom. The van der Waals surface area contributed by atoms with Gasteiger partial charge < -0.3 is 0 Å². The Morgan fingerprint density at radius 1 is 0.276 bits per heavy atom. The third-order valence-corrected chi connectivity index (χ3v) is 13.0. The largest absolute Gasteiger partial charge is 0.208 e. The maximum Gasteiger partial charge on any atom is 0.164 e. The average molecular weight is 740 g/mol. The van der Waals surface area contributed by atoms with Crippen LogP contribution in [0.25, 0.3) is 78.7 Å². The highest BCUT2D eigenvalue weighted by Crippen LogP contribution is 2.63. The summed E-state index contributed by atoms with van der Waals surface area (Å²) in [6, 6.07) is 68.2. The fraction of sp³-hybridized carbons (Fsp3) is 0.0727. The summed E-state index contributed by atoms with van der Waals surface area (Å²) < 4.78 is 0. The van der Waals surface area contributed by atoms with Gasteiger partial charge in [-0.15, -0.1) is 0 Å². The molecular weight excluding hydrogens is 703 g/mol. The smallest absolute Gasteiger partial charge is 0.164 e. The first kappa shape index (κ1) is 33.0. The lowest BCUT2D eigenvalue weighted by Gasteiger charge is -2.30. The Balaban J connectivity index is 1.09. The molecule has 9 aromatic rings. The van der Waals surface area contributed by atoms with E-state index in [1.165, 1.54) is 66.8 Å². The van der Waals surface area contributed by atoms with Crippen LogP contribution < -0.4 is 0 Å². The summed E-state index contributed by atoms with van der Waals surface area (Å²) in [4.78, 5) is 15.9. The summed E-state index contributed by atoms with van der Waals surface area (Å²) in [5.74, 6) is 1.96. The standard InChI is InChI=1S/C55H37N3/c1-54(2)45-23-10-6-22-42(45)44-32-37(28-30-46(44)54)52-56-51(36-18-14-17-35(31-36)34-15-4-3-5-16-34)57-53(58-52)38-27-29-43-41-21-9-13-26-49(41)55(50(43)33-38)47-24-11-7-19-39(47)40-20-8-12-25-48(40)55/h3-33H,1-2H3. The summed E-state index contributed by atoms with van der Waals surface area (Å²) >= 11 is 0. The predicted molar refractivity (Wildman–Crippen MR) is 235 cm³/mol. The van der Waals surface area contributed by atoms with Crippen LogP contribution in [0.2, 0.25) is 0 Å². The number of fused-ring (bicyclic) bond motifs is 13. The van der Waals surface area contributed by atoms with Gasteiger partial charge in [-0.25, -0.2) is 15.0 Å². The van der Waals surface area contributed by atoms with E-state index in [0.29, 0.717) is 17.5 Å². The zero-order valence-corrected chi connectivity index (χ0v) is 32.2. The molecule has 1 heterocycles. The zero-order chi connectivity index (χ0) is 38.6. The van der Waals surface area contributed by atoms with Gasteiger partial charge in [0.15, 0.2) is 17.5 Å². The van der Waals surface area contributed by atoms with Gasteiger partial charge in [-0.2, -0.15) is 0 Å². The molecule has 0 fully saturated rings. The molecule has 0 atom stereocenters. The van der Waals surface area contributed by atoms with Gasteiger partial charge in [-0.05, 0) is 96.1 Å². The van der Waals surface area contributed by atoms with Crippen molar-refractivity contribution in [1.82, 2.24) is 15.0 Å². The molecule has 0 saturated carbocycles. The number of hydrogen-bond donors (Lipinski definition) is 0. The summed E-state index contributed by atoms with van der Waals surface area (Å²) in [6.45, 7) is 4.63. The van der Waals surface area contributed by atoms with Crippen molar-refractivity contribution in [3.05, 3.63) is 221 Å². The van der Waals surface area contributed by atoms with Crippen molar-refractivity contribution in [2.45, 2.75) is 24.7 Å². The van der Waals surface area contributed by atoms with Crippen LogP contribution in [0.1, 0.15) is 47.2 Å². The second-order valence-corrected chi connectivity index (χ2v) is 16.3. The van der Waals surface area contributed by atoms with Crippen LogP contribution >= 0.6 is 0 Å². The van der Waals surface area contributed by atoms with Crippen molar-refractivity contribution in [2.75, 3.05) is 0 Å². The molecule has 1 spiro atoms. The summed E-state index contributed by atoms with van der Waals surface area (Å²) in [7, 11) is 0. The van der Waals surface area contributed by atoms with Gasteiger partial charge in [0.05, 0.1) is 5.41 Å². The van der Waals surface area contributed by atoms with Gasteiger partial charge in [0, 0.05) is 22.1 Å². The highest BCUT2D eigenvalue weighted by molar-refractivity contribution is 5.96. The molecule has 3 aliphatic carbocycles. The topological polar surface area (TPSA) is 38.7 Å². The first-order valence-corrected chi connectivity index (χ1v) is 20.1. The van der Waals surface area contributed by atoms with Gasteiger partial charge in [-0.3, -0.25) is 0 Å². The molecule has 12 rings (SSSR count). The van der Waals surface area contributed by atoms with Crippen LogP contribution in [0.3, 0.4) is 0 Å². The molecule has 3 heteroatoms. The van der Waals surface area contributed by atoms with Crippen LogP contribution in [-0.4, -0.2) is 15.0 Å². The Bertz CT molecular complexity index is 3090. The minimum atomic E-state index is -0.460. The minimum absolute atomic E-state index is 0.0901. The average Bonchev–Trinajstić information content (AvgIpc) is 3.85. The maximum atomic E-state index is 5.35. The highest BCUT2D eigenvalue weighted by Gasteiger charge is 2.51. The predicted octanol–water partition coefficient (Wildman–Crippen LogP) is 13.2. The molecule has 8 aromatic carbocycles. The van der Waals surface area contributed by atoms with Gasteiger partial charge in [0.2, 0.25) is 0 Å². The number of rotatable bonds is 4. The Morgan fingerprint density at radius 2 is 0.690 bits per heavy atom. The van der Waals surface area contributed by atoms with E-state index in [0.717, 1.165) is 27.8 Å². The molecule has 0 N–H and O–H groups in total. The SMILES string of the molecule is CC1(C)c2ccccc2-c2cc(-c3nc(-c4cccc(-c5ccccc5)c4)nc(-c4ccc5c(c4)C4(c6ccccc6-c6ccccc64)c4ccccc4-5)n3)ccc21. The fourth-order valence-corrected chi connectivity index (χ4v) is 10.3. The van der Waals surface area contributed by atoms with E-state index in [1.807, 2.05) is 0 Å². The van der Waals surface area contributed by atoms with E-state index in [1.54, 1.807) is 0 Å². The highest BCUT2D eigenvalue weighted by atomic mass is 15.0. The lowest BCUT2D eigenvalue weighted by Crippen LogP contribution is -2.25. The van der Waals surface area contributed by atoms with Crippen molar-refractivity contribution < 1.29 is 0 Å². The minimum Gasteiger partial charge on any atom is -0.208 e. The molecule has 1 aromatic heterocycles. The summed E-state index contributed by atoms with van der Waals surface area (Å²) in [6.07, 6.45) is 0. The molecule has 3 aliphatic rings. The van der Waals surface area contributed by atoms with Crippen molar-refractivity contribution >= 4 is 0 Å². The van der Waals surface area contributed by atoms with Crippen molar-refractivity contribution in [3.63, 3.8) is 0 Å². The van der Waals surface area contributed by atoms with E-state index >= 15 is 0 Å².